The molecule has 0 fully saturated rings. The van der Waals surface area contributed by atoms with E-state index in [0.29, 0.717) is 17.7 Å². The molecule has 2 aromatic carbocycles. The second-order valence-electron chi connectivity index (χ2n) is 8.31. The minimum Gasteiger partial charge on any atom is -0.325 e. The average Bonchev–Trinajstić information content (AvgIpc) is 3.23. The van der Waals surface area contributed by atoms with Crippen molar-refractivity contribution in [1.29, 1.82) is 0 Å². The summed E-state index contributed by atoms with van der Waals surface area (Å²) < 4.78 is 4.06. The Balaban J connectivity index is 1.75. The zero-order valence-corrected chi connectivity index (χ0v) is 19.3. The van der Waals surface area contributed by atoms with Gasteiger partial charge in [-0.2, -0.15) is 5.10 Å². The molecule has 1 N–H and O–H groups in total. The lowest BCUT2D eigenvalue weighted by molar-refractivity contribution is -0.116. The molecule has 0 saturated carbocycles. The van der Waals surface area contributed by atoms with Crippen molar-refractivity contribution in [2.24, 2.45) is 0 Å². The summed E-state index contributed by atoms with van der Waals surface area (Å²) in [5, 5.41) is 7.20. The first-order valence-corrected chi connectivity index (χ1v) is 10.9. The second kappa shape index (κ2) is 8.90. The number of amides is 1. The number of carbonyl (C=O) groups excluding carboxylic acids is 1. The Kier molecular flexibility index (Phi) is 6.00. The molecule has 0 radical (unpaired) electrons. The molecule has 0 unspecified atom stereocenters. The van der Waals surface area contributed by atoms with Gasteiger partial charge < -0.3 is 5.32 Å². The maximum absolute atomic E-state index is 13.4. The Bertz CT molecular complexity index is 1460. The lowest BCUT2D eigenvalue weighted by Crippen LogP contribution is -2.41. The molecule has 8 nitrogen and oxygen atoms in total. The number of nitrogens with zero attached hydrogens (tertiary/aromatic N) is 4. The van der Waals surface area contributed by atoms with Crippen LogP contribution in [0.2, 0.25) is 0 Å². The molecule has 1 amide bonds. The third-order valence-electron chi connectivity index (χ3n) is 5.82. The quantitative estimate of drug-likeness (QED) is 0.494. The molecule has 33 heavy (non-hydrogen) atoms. The van der Waals surface area contributed by atoms with E-state index in [1.54, 1.807) is 10.9 Å². The van der Waals surface area contributed by atoms with Gasteiger partial charge in [-0.1, -0.05) is 35.9 Å². The normalized spacial score (nSPS) is 11.2. The molecule has 2 aromatic heterocycles. The molecule has 0 aliphatic rings. The first kappa shape index (κ1) is 22.3. The van der Waals surface area contributed by atoms with Crippen molar-refractivity contribution >= 4 is 22.6 Å². The third-order valence-corrected chi connectivity index (χ3v) is 5.82. The molecular weight excluding hydrogens is 418 g/mol. The molecule has 0 atom stereocenters. The maximum Gasteiger partial charge on any atom is 0.332 e. The zero-order valence-electron chi connectivity index (χ0n) is 19.3. The van der Waals surface area contributed by atoms with Gasteiger partial charge in [0.2, 0.25) is 5.91 Å². The van der Waals surface area contributed by atoms with Crippen LogP contribution >= 0.6 is 0 Å². The van der Waals surface area contributed by atoms with Crippen LogP contribution in [0.3, 0.4) is 0 Å². The minimum atomic E-state index is -0.543. The van der Waals surface area contributed by atoms with E-state index in [1.807, 2.05) is 70.2 Å². The second-order valence-corrected chi connectivity index (χ2v) is 8.31. The van der Waals surface area contributed by atoms with Crippen molar-refractivity contribution in [1.82, 2.24) is 18.9 Å². The van der Waals surface area contributed by atoms with Crippen LogP contribution in [-0.4, -0.2) is 24.8 Å². The van der Waals surface area contributed by atoms with Crippen molar-refractivity contribution in [2.75, 3.05) is 5.32 Å². The van der Waals surface area contributed by atoms with Crippen LogP contribution in [-0.2, 0) is 24.4 Å². The van der Waals surface area contributed by atoms with E-state index >= 15 is 0 Å². The number of fused-ring (bicyclic) bond motifs is 1. The molecule has 0 saturated heterocycles. The third kappa shape index (κ3) is 4.50. The topological polar surface area (TPSA) is 90.9 Å². The number of anilines is 1. The molecule has 170 valence electrons. The van der Waals surface area contributed by atoms with Crippen molar-refractivity contribution in [3.8, 4) is 0 Å². The molecule has 0 aliphatic carbocycles. The molecule has 2 heterocycles. The number of aryl methyl sites for hydroxylation is 4. The highest BCUT2D eigenvalue weighted by molar-refractivity contribution is 5.91. The predicted molar refractivity (Wildman–Crippen MR) is 129 cm³/mol. The number of hydrogen-bond donors (Lipinski definition) is 1. The van der Waals surface area contributed by atoms with Gasteiger partial charge in [-0.3, -0.25) is 23.4 Å². The van der Waals surface area contributed by atoms with Gasteiger partial charge in [-0.05, 0) is 56.5 Å². The number of benzene rings is 2. The summed E-state index contributed by atoms with van der Waals surface area (Å²) in [6.07, 6.45) is 1.64. The minimum absolute atomic E-state index is 0.103. The lowest BCUT2D eigenvalue weighted by atomic mass is 10.1. The summed E-state index contributed by atoms with van der Waals surface area (Å²) in [7, 11) is 0. The Hall–Kier alpha value is -3.94. The average molecular weight is 446 g/mol. The number of aromatic nitrogens is 4. The summed E-state index contributed by atoms with van der Waals surface area (Å²) in [5.74, 6) is -0.355. The van der Waals surface area contributed by atoms with Gasteiger partial charge >= 0.3 is 5.69 Å². The number of rotatable bonds is 6. The Morgan fingerprint density at radius 2 is 1.70 bits per heavy atom. The SMILES string of the molecule is CCn1cc2c(n1)c(=O)n(Cc1ccc(C)cc1)c(=O)n2CC(=O)Nc1ccc(C)c(C)c1. The van der Waals surface area contributed by atoms with E-state index in [4.69, 9.17) is 0 Å². The van der Waals surface area contributed by atoms with Crippen LogP contribution in [0.25, 0.3) is 11.0 Å². The van der Waals surface area contributed by atoms with Crippen molar-refractivity contribution in [3.63, 3.8) is 0 Å². The van der Waals surface area contributed by atoms with E-state index < -0.39 is 11.2 Å². The smallest absolute Gasteiger partial charge is 0.325 e. The summed E-state index contributed by atoms with van der Waals surface area (Å²) in [6.45, 7) is 8.25. The summed E-state index contributed by atoms with van der Waals surface area (Å²) in [5.41, 5.74) is 4.26. The lowest BCUT2D eigenvalue weighted by Gasteiger charge is -2.12. The van der Waals surface area contributed by atoms with Crippen molar-refractivity contribution < 1.29 is 4.79 Å². The van der Waals surface area contributed by atoms with Crippen LogP contribution in [0.4, 0.5) is 5.69 Å². The fourth-order valence-electron chi connectivity index (χ4n) is 3.72. The van der Waals surface area contributed by atoms with Gasteiger partial charge in [0, 0.05) is 18.4 Å². The first-order valence-electron chi connectivity index (χ1n) is 10.9. The molecule has 0 bridgehead atoms. The van der Waals surface area contributed by atoms with Crippen LogP contribution in [0.15, 0.2) is 58.3 Å². The summed E-state index contributed by atoms with van der Waals surface area (Å²) in [4.78, 5) is 39.3. The first-order chi connectivity index (χ1) is 15.8. The van der Waals surface area contributed by atoms with Gasteiger partial charge in [-0.25, -0.2) is 4.79 Å². The van der Waals surface area contributed by atoms with Crippen molar-refractivity contribution in [2.45, 2.75) is 47.3 Å². The summed E-state index contributed by atoms with van der Waals surface area (Å²) in [6, 6.07) is 13.3. The predicted octanol–water partition coefficient (Wildman–Crippen LogP) is 2.99. The Labute approximate surface area is 191 Å². The van der Waals surface area contributed by atoms with E-state index in [-0.39, 0.29) is 24.5 Å². The van der Waals surface area contributed by atoms with Crippen molar-refractivity contribution in [3.05, 3.63) is 91.8 Å². The fraction of sp³-hybridized carbons (Fsp3) is 0.280. The van der Waals surface area contributed by atoms with E-state index in [2.05, 4.69) is 10.4 Å². The highest BCUT2D eigenvalue weighted by atomic mass is 16.2. The van der Waals surface area contributed by atoms with Crippen LogP contribution < -0.4 is 16.6 Å². The molecule has 4 rings (SSSR count). The Morgan fingerprint density at radius 1 is 0.970 bits per heavy atom. The standard InChI is InChI=1S/C25H27N5O3/c1-5-28-14-21-23(27-28)24(32)30(13-19-9-6-16(2)7-10-19)25(33)29(21)15-22(31)26-20-11-8-17(3)18(4)12-20/h6-12,14H,5,13,15H2,1-4H3,(H,26,31). The van der Waals surface area contributed by atoms with Crippen LogP contribution in [0.1, 0.15) is 29.2 Å². The highest BCUT2D eigenvalue weighted by Gasteiger charge is 2.19. The van der Waals surface area contributed by atoms with E-state index in [9.17, 15) is 14.4 Å². The van der Waals surface area contributed by atoms with E-state index in [1.165, 1.54) is 4.57 Å². The molecule has 0 aliphatic heterocycles. The van der Waals surface area contributed by atoms with Gasteiger partial charge in [0.25, 0.3) is 5.56 Å². The van der Waals surface area contributed by atoms with Crippen LogP contribution in [0.5, 0.6) is 0 Å². The van der Waals surface area contributed by atoms with Gasteiger partial charge in [0.05, 0.1) is 12.1 Å². The van der Waals surface area contributed by atoms with E-state index in [0.717, 1.165) is 26.8 Å². The van der Waals surface area contributed by atoms with Gasteiger partial charge in [0.15, 0.2) is 5.52 Å². The molecular formula is C25H27N5O3. The largest absolute Gasteiger partial charge is 0.332 e. The molecule has 8 heteroatoms. The fourth-order valence-corrected chi connectivity index (χ4v) is 3.72. The van der Waals surface area contributed by atoms with Gasteiger partial charge in [-0.15, -0.1) is 0 Å². The highest BCUT2D eigenvalue weighted by Crippen LogP contribution is 2.15. The summed E-state index contributed by atoms with van der Waals surface area (Å²) >= 11 is 0. The zero-order chi connectivity index (χ0) is 23.7. The molecule has 4 aromatic rings. The number of carbonyl (C=O) groups is 1. The Morgan fingerprint density at radius 3 is 2.36 bits per heavy atom. The number of hydrogen-bond acceptors (Lipinski definition) is 4. The monoisotopic (exact) mass is 445 g/mol. The van der Waals surface area contributed by atoms with Crippen LogP contribution in [0, 0.1) is 20.8 Å². The molecule has 0 spiro atoms. The maximum atomic E-state index is 13.4. The number of nitrogens with one attached hydrogen (secondary N) is 1. The van der Waals surface area contributed by atoms with Gasteiger partial charge in [0.1, 0.15) is 6.54 Å².